The summed E-state index contributed by atoms with van der Waals surface area (Å²) in [4.78, 5) is 30.2. The second-order valence-corrected chi connectivity index (χ2v) is 7.48. The summed E-state index contributed by atoms with van der Waals surface area (Å²) in [6.07, 6.45) is 0. The Kier molecular flexibility index (Phi) is 5.90. The first-order valence-electron chi connectivity index (χ1n) is 8.73. The summed E-state index contributed by atoms with van der Waals surface area (Å²) < 4.78 is 0.978. The number of nitrogens with zero attached hydrogens (tertiary/aromatic N) is 2. The molecule has 0 unspecified atom stereocenters. The van der Waals surface area contributed by atoms with Gasteiger partial charge in [-0.2, -0.15) is 0 Å². The summed E-state index contributed by atoms with van der Waals surface area (Å²) in [5.74, 6) is -0.576. The molecule has 0 radical (unpaired) electrons. The van der Waals surface area contributed by atoms with Crippen molar-refractivity contribution < 1.29 is 9.59 Å². The Labute approximate surface area is 172 Å². The number of carbonyl (C=O) groups excluding carboxylic acids is 2. The van der Waals surface area contributed by atoms with Crippen molar-refractivity contribution in [1.82, 2.24) is 9.88 Å². The van der Waals surface area contributed by atoms with Crippen LogP contribution in [0.25, 0.3) is 11.3 Å². The molecular formula is C22H20BrN3O2. The van der Waals surface area contributed by atoms with Gasteiger partial charge < -0.3 is 10.6 Å². The van der Waals surface area contributed by atoms with Crippen molar-refractivity contribution in [2.45, 2.75) is 13.5 Å². The topological polar surface area (TPSA) is 76.3 Å². The molecule has 142 valence electrons. The maximum absolute atomic E-state index is 12.9. The zero-order valence-electron chi connectivity index (χ0n) is 15.6. The number of primary amides is 1. The Morgan fingerprint density at radius 3 is 2.39 bits per heavy atom. The first-order chi connectivity index (χ1) is 13.3. The predicted octanol–water partition coefficient (Wildman–Crippen LogP) is 4.19. The van der Waals surface area contributed by atoms with E-state index in [9.17, 15) is 9.59 Å². The molecule has 2 amide bonds. The summed E-state index contributed by atoms with van der Waals surface area (Å²) in [5.41, 5.74) is 9.66. The number of halogens is 1. The van der Waals surface area contributed by atoms with Crippen LogP contribution in [-0.2, 0) is 6.54 Å². The third kappa shape index (κ3) is 4.46. The van der Waals surface area contributed by atoms with E-state index >= 15 is 0 Å². The van der Waals surface area contributed by atoms with Gasteiger partial charge in [0.05, 0.1) is 17.0 Å². The lowest BCUT2D eigenvalue weighted by Gasteiger charge is -2.19. The normalized spacial score (nSPS) is 10.5. The van der Waals surface area contributed by atoms with E-state index in [1.54, 1.807) is 36.2 Å². The average molecular weight is 438 g/mol. The molecule has 0 atom stereocenters. The molecule has 1 heterocycles. The highest BCUT2D eigenvalue weighted by Crippen LogP contribution is 2.23. The van der Waals surface area contributed by atoms with Crippen LogP contribution in [0.5, 0.6) is 0 Å². The number of aryl methyl sites for hydroxylation is 1. The molecule has 0 bridgehead atoms. The fraction of sp³-hybridized carbons (Fsp3) is 0.136. The van der Waals surface area contributed by atoms with Crippen LogP contribution in [0.4, 0.5) is 0 Å². The lowest BCUT2D eigenvalue weighted by atomic mass is 10.1. The zero-order valence-corrected chi connectivity index (χ0v) is 17.2. The highest BCUT2D eigenvalue weighted by molar-refractivity contribution is 9.10. The lowest BCUT2D eigenvalue weighted by molar-refractivity contribution is 0.0783. The van der Waals surface area contributed by atoms with Gasteiger partial charge in [-0.05, 0) is 48.9 Å². The lowest BCUT2D eigenvalue weighted by Crippen LogP contribution is -2.27. The van der Waals surface area contributed by atoms with Crippen molar-refractivity contribution in [3.63, 3.8) is 0 Å². The Morgan fingerprint density at radius 1 is 1.07 bits per heavy atom. The Hall–Kier alpha value is -2.99. The third-order valence-electron chi connectivity index (χ3n) is 4.44. The summed E-state index contributed by atoms with van der Waals surface area (Å²) in [6, 6.07) is 18.5. The number of hydrogen-bond donors (Lipinski definition) is 1. The van der Waals surface area contributed by atoms with Crippen LogP contribution in [0.1, 0.15) is 32.0 Å². The van der Waals surface area contributed by atoms with Gasteiger partial charge in [0.2, 0.25) is 5.91 Å². The molecule has 0 aliphatic heterocycles. The second kappa shape index (κ2) is 8.35. The zero-order chi connectivity index (χ0) is 20.3. The van der Waals surface area contributed by atoms with Gasteiger partial charge in [0.15, 0.2) is 0 Å². The minimum Gasteiger partial charge on any atom is -0.366 e. The van der Waals surface area contributed by atoms with E-state index in [0.29, 0.717) is 23.4 Å². The quantitative estimate of drug-likeness (QED) is 0.649. The average Bonchev–Trinajstić information content (AvgIpc) is 2.67. The number of amides is 2. The molecular weight excluding hydrogens is 418 g/mol. The van der Waals surface area contributed by atoms with Crippen molar-refractivity contribution >= 4 is 27.7 Å². The standard InChI is InChI=1S/C22H20BrN3O2/c1-14-19(10-11-20(25-14)17-4-3-5-18(23)12-17)22(28)26(2)13-15-6-8-16(9-7-15)21(24)27/h3-12H,13H2,1-2H3,(H2,24,27). The van der Waals surface area contributed by atoms with E-state index in [2.05, 4.69) is 20.9 Å². The van der Waals surface area contributed by atoms with Crippen LogP contribution in [0, 0.1) is 6.92 Å². The van der Waals surface area contributed by atoms with E-state index in [-0.39, 0.29) is 5.91 Å². The van der Waals surface area contributed by atoms with E-state index in [4.69, 9.17) is 5.73 Å². The van der Waals surface area contributed by atoms with Gasteiger partial charge in [-0.15, -0.1) is 0 Å². The molecule has 3 aromatic rings. The molecule has 0 fully saturated rings. The van der Waals surface area contributed by atoms with Gasteiger partial charge in [-0.1, -0.05) is 40.2 Å². The molecule has 0 saturated heterocycles. The van der Waals surface area contributed by atoms with Gasteiger partial charge in [0.25, 0.3) is 5.91 Å². The van der Waals surface area contributed by atoms with Gasteiger partial charge in [-0.3, -0.25) is 14.6 Å². The smallest absolute Gasteiger partial charge is 0.255 e. The highest BCUT2D eigenvalue weighted by Gasteiger charge is 2.16. The van der Waals surface area contributed by atoms with Gasteiger partial charge >= 0.3 is 0 Å². The largest absolute Gasteiger partial charge is 0.366 e. The maximum atomic E-state index is 12.9. The third-order valence-corrected chi connectivity index (χ3v) is 4.93. The summed E-state index contributed by atoms with van der Waals surface area (Å²) in [7, 11) is 1.74. The summed E-state index contributed by atoms with van der Waals surface area (Å²) >= 11 is 3.46. The molecule has 1 aromatic heterocycles. The first-order valence-corrected chi connectivity index (χ1v) is 9.52. The molecule has 0 spiro atoms. The number of aromatic nitrogens is 1. The van der Waals surface area contributed by atoms with Crippen LogP contribution in [-0.4, -0.2) is 28.7 Å². The summed E-state index contributed by atoms with van der Waals surface area (Å²) in [5, 5.41) is 0. The first kappa shape index (κ1) is 19.8. The van der Waals surface area contributed by atoms with E-state index < -0.39 is 5.91 Å². The Bertz CT molecular complexity index is 1030. The van der Waals surface area contributed by atoms with Crippen molar-refractivity contribution in [3.8, 4) is 11.3 Å². The number of benzene rings is 2. The number of nitrogens with two attached hydrogens (primary N) is 1. The van der Waals surface area contributed by atoms with Gasteiger partial charge in [-0.25, -0.2) is 0 Å². The highest BCUT2D eigenvalue weighted by atomic mass is 79.9. The monoisotopic (exact) mass is 437 g/mol. The van der Waals surface area contributed by atoms with Crippen LogP contribution in [0.15, 0.2) is 65.1 Å². The van der Waals surface area contributed by atoms with E-state index in [1.165, 1.54) is 0 Å². The van der Waals surface area contributed by atoms with Crippen LogP contribution in [0.3, 0.4) is 0 Å². The van der Waals surface area contributed by atoms with Gasteiger partial charge in [0, 0.05) is 29.2 Å². The van der Waals surface area contributed by atoms with E-state index in [1.807, 2.05) is 43.3 Å². The molecule has 0 saturated carbocycles. The SMILES string of the molecule is Cc1nc(-c2cccc(Br)c2)ccc1C(=O)N(C)Cc1ccc(C(N)=O)cc1. The molecule has 2 N–H and O–H groups in total. The van der Waals surface area contributed by atoms with Gasteiger partial charge in [0.1, 0.15) is 0 Å². The number of rotatable bonds is 5. The molecule has 3 rings (SSSR count). The Morgan fingerprint density at radius 2 is 1.79 bits per heavy atom. The maximum Gasteiger partial charge on any atom is 0.255 e. The number of pyridine rings is 1. The van der Waals surface area contributed by atoms with E-state index in [0.717, 1.165) is 21.3 Å². The van der Waals surface area contributed by atoms with Crippen LogP contribution < -0.4 is 5.73 Å². The van der Waals surface area contributed by atoms with Crippen molar-refractivity contribution in [1.29, 1.82) is 0 Å². The van der Waals surface area contributed by atoms with Crippen molar-refractivity contribution in [2.75, 3.05) is 7.05 Å². The molecule has 28 heavy (non-hydrogen) atoms. The molecule has 2 aromatic carbocycles. The predicted molar refractivity (Wildman–Crippen MR) is 113 cm³/mol. The molecule has 6 heteroatoms. The molecule has 5 nitrogen and oxygen atoms in total. The molecule has 0 aliphatic carbocycles. The van der Waals surface area contributed by atoms with Crippen molar-refractivity contribution in [3.05, 3.63) is 87.5 Å². The van der Waals surface area contributed by atoms with Crippen LogP contribution in [0.2, 0.25) is 0 Å². The van der Waals surface area contributed by atoms with Crippen molar-refractivity contribution in [2.24, 2.45) is 5.73 Å². The number of carbonyl (C=O) groups is 2. The fourth-order valence-electron chi connectivity index (χ4n) is 2.92. The number of hydrogen-bond acceptors (Lipinski definition) is 3. The summed E-state index contributed by atoms with van der Waals surface area (Å²) in [6.45, 7) is 2.26. The van der Waals surface area contributed by atoms with Crippen LogP contribution >= 0.6 is 15.9 Å². The Balaban J connectivity index is 1.77. The molecule has 0 aliphatic rings. The second-order valence-electron chi connectivity index (χ2n) is 6.56. The minimum absolute atomic E-state index is 0.107. The minimum atomic E-state index is -0.469. The fourth-order valence-corrected chi connectivity index (χ4v) is 3.32.